The van der Waals surface area contributed by atoms with E-state index >= 15 is 0 Å². The van der Waals surface area contributed by atoms with Crippen LogP contribution in [0.4, 0.5) is 28.9 Å². The normalized spacial score (nSPS) is 12.2. The molecule has 0 radical (unpaired) electrons. The van der Waals surface area contributed by atoms with Crippen molar-refractivity contribution in [2.75, 3.05) is 10.5 Å². The highest BCUT2D eigenvalue weighted by Crippen LogP contribution is 2.31. The van der Waals surface area contributed by atoms with Crippen LogP contribution in [0.15, 0.2) is 47.4 Å². The lowest BCUT2D eigenvalue weighted by Gasteiger charge is -2.12. The molecule has 0 amide bonds. The number of nitrogens with two attached hydrogens (primary N) is 1. The molecule has 2 aromatic rings. The van der Waals surface area contributed by atoms with Gasteiger partial charge in [-0.15, -0.1) is 0 Å². The highest BCUT2D eigenvalue weighted by atomic mass is 32.2. The Kier molecular flexibility index (Phi) is 4.01. The van der Waals surface area contributed by atoms with Crippen LogP contribution in [0.2, 0.25) is 0 Å². The Morgan fingerprint density at radius 3 is 2.36 bits per heavy atom. The molecule has 0 atom stereocenters. The number of rotatable bonds is 3. The number of benzene rings is 2. The SMILES string of the molecule is Nc1ccc(F)c(S(=O)(=O)Nc2cccc(C(F)(F)F)c2)c1. The van der Waals surface area contributed by atoms with Crippen LogP contribution in [-0.4, -0.2) is 8.42 Å². The van der Waals surface area contributed by atoms with E-state index in [1.807, 2.05) is 4.72 Å². The summed E-state index contributed by atoms with van der Waals surface area (Å²) < 4.78 is 77.3. The van der Waals surface area contributed by atoms with Crippen molar-refractivity contribution in [3.8, 4) is 0 Å². The summed E-state index contributed by atoms with van der Waals surface area (Å²) in [5, 5.41) is 0. The van der Waals surface area contributed by atoms with Crippen molar-refractivity contribution in [1.29, 1.82) is 0 Å². The van der Waals surface area contributed by atoms with Gasteiger partial charge in [-0.1, -0.05) is 6.07 Å². The van der Waals surface area contributed by atoms with E-state index in [1.54, 1.807) is 0 Å². The summed E-state index contributed by atoms with van der Waals surface area (Å²) in [6.07, 6.45) is -4.62. The Bertz CT molecular complexity index is 804. The first-order valence-electron chi connectivity index (χ1n) is 5.85. The van der Waals surface area contributed by atoms with Gasteiger partial charge in [0.1, 0.15) is 10.7 Å². The van der Waals surface area contributed by atoms with Gasteiger partial charge >= 0.3 is 6.18 Å². The number of anilines is 2. The summed E-state index contributed by atoms with van der Waals surface area (Å²) in [4.78, 5) is -0.745. The molecule has 0 saturated heterocycles. The maximum absolute atomic E-state index is 13.6. The fourth-order valence-electron chi connectivity index (χ4n) is 1.70. The van der Waals surface area contributed by atoms with Crippen molar-refractivity contribution < 1.29 is 26.0 Å². The van der Waals surface area contributed by atoms with Crippen LogP contribution in [0.25, 0.3) is 0 Å². The zero-order chi connectivity index (χ0) is 16.5. The van der Waals surface area contributed by atoms with Gasteiger partial charge in [-0.3, -0.25) is 4.72 Å². The Labute approximate surface area is 123 Å². The Morgan fingerprint density at radius 1 is 1.05 bits per heavy atom. The van der Waals surface area contributed by atoms with E-state index in [2.05, 4.69) is 0 Å². The van der Waals surface area contributed by atoms with Crippen LogP contribution in [0, 0.1) is 5.82 Å². The molecule has 3 N–H and O–H groups in total. The van der Waals surface area contributed by atoms with Crippen LogP contribution in [-0.2, 0) is 16.2 Å². The second-order valence-electron chi connectivity index (χ2n) is 4.37. The second kappa shape index (κ2) is 5.48. The number of nitrogen functional groups attached to an aromatic ring is 1. The topological polar surface area (TPSA) is 72.2 Å². The molecule has 0 unspecified atom stereocenters. The van der Waals surface area contributed by atoms with Gasteiger partial charge in [-0.05, 0) is 36.4 Å². The standard InChI is InChI=1S/C13H10F4N2O2S/c14-11-5-4-9(18)7-12(11)22(20,21)19-10-3-1-2-8(6-10)13(15,16)17/h1-7,19H,18H2. The van der Waals surface area contributed by atoms with E-state index in [0.717, 1.165) is 30.3 Å². The van der Waals surface area contributed by atoms with E-state index in [4.69, 9.17) is 5.73 Å². The summed E-state index contributed by atoms with van der Waals surface area (Å²) in [7, 11) is -4.40. The third-order valence-corrected chi connectivity index (χ3v) is 4.08. The maximum Gasteiger partial charge on any atom is 0.416 e. The maximum atomic E-state index is 13.6. The number of nitrogens with one attached hydrogen (secondary N) is 1. The molecule has 0 heterocycles. The van der Waals surface area contributed by atoms with Crippen molar-refractivity contribution in [1.82, 2.24) is 0 Å². The lowest BCUT2D eigenvalue weighted by molar-refractivity contribution is -0.137. The zero-order valence-electron chi connectivity index (χ0n) is 10.9. The van der Waals surface area contributed by atoms with E-state index in [1.165, 1.54) is 6.07 Å². The number of sulfonamides is 1. The first-order valence-corrected chi connectivity index (χ1v) is 7.33. The molecule has 0 aliphatic carbocycles. The minimum atomic E-state index is -4.62. The van der Waals surface area contributed by atoms with Crippen LogP contribution < -0.4 is 10.5 Å². The third kappa shape index (κ3) is 3.48. The van der Waals surface area contributed by atoms with Gasteiger partial charge < -0.3 is 5.73 Å². The average Bonchev–Trinajstić information content (AvgIpc) is 2.40. The molecule has 0 aliphatic rings. The number of hydrogen-bond acceptors (Lipinski definition) is 3. The minimum Gasteiger partial charge on any atom is -0.399 e. The third-order valence-electron chi connectivity index (χ3n) is 2.69. The summed E-state index contributed by atoms with van der Waals surface area (Å²) >= 11 is 0. The molecular weight excluding hydrogens is 324 g/mol. The Hall–Kier alpha value is -2.29. The molecule has 0 aromatic heterocycles. The number of halogens is 4. The first kappa shape index (κ1) is 16.1. The van der Waals surface area contributed by atoms with Gasteiger partial charge in [0.25, 0.3) is 10.0 Å². The minimum absolute atomic E-state index is 0.00539. The van der Waals surface area contributed by atoms with Crippen LogP contribution in [0.3, 0.4) is 0 Å². The van der Waals surface area contributed by atoms with E-state index in [-0.39, 0.29) is 11.4 Å². The summed E-state index contributed by atoms with van der Waals surface area (Å²) in [6, 6.07) is 6.47. The van der Waals surface area contributed by atoms with Gasteiger partial charge in [0.15, 0.2) is 0 Å². The fourth-order valence-corrected chi connectivity index (χ4v) is 2.86. The molecule has 2 rings (SSSR count). The monoisotopic (exact) mass is 334 g/mol. The molecule has 4 nitrogen and oxygen atoms in total. The first-order chi connectivity index (χ1) is 10.1. The second-order valence-corrected chi connectivity index (χ2v) is 6.02. The summed E-state index contributed by atoms with van der Waals surface area (Å²) in [5.41, 5.74) is 4.03. The predicted molar refractivity (Wildman–Crippen MR) is 73.1 cm³/mol. The number of alkyl halides is 3. The van der Waals surface area contributed by atoms with Crippen molar-refractivity contribution in [3.63, 3.8) is 0 Å². The van der Waals surface area contributed by atoms with Crippen LogP contribution in [0.5, 0.6) is 0 Å². The van der Waals surface area contributed by atoms with E-state index in [0.29, 0.717) is 6.07 Å². The molecule has 0 saturated carbocycles. The molecule has 118 valence electrons. The molecule has 22 heavy (non-hydrogen) atoms. The highest BCUT2D eigenvalue weighted by molar-refractivity contribution is 7.92. The van der Waals surface area contributed by atoms with Gasteiger partial charge in [0.2, 0.25) is 0 Å². The van der Waals surface area contributed by atoms with Crippen LogP contribution >= 0.6 is 0 Å². The smallest absolute Gasteiger partial charge is 0.399 e. The summed E-state index contributed by atoms with van der Waals surface area (Å²) in [6.45, 7) is 0. The molecule has 0 spiro atoms. The van der Waals surface area contributed by atoms with Gasteiger partial charge in [-0.2, -0.15) is 13.2 Å². The summed E-state index contributed by atoms with van der Waals surface area (Å²) in [5.74, 6) is -1.06. The molecular formula is C13H10F4N2O2S. The van der Waals surface area contributed by atoms with Gasteiger partial charge in [0, 0.05) is 11.4 Å². The largest absolute Gasteiger partial charge is 0.416 e. The van der Waals surface area contributed by atoms with Crippen molar-refractivity contribution >= 4 is 21.4 Å². The Balaban J connectivity index is 2.39. The van der Waals surface area contributed by atoms with E-state index in [9.17, 15) is 26.0 Å². The van der Waals surface area contributed by atoms with Crippen LogP contribution in [0.1, 0.15) is 5.56 Å². The quantitative estimate of drug-likeness (QED) is 0.669. The lowest BCUT2D eigenvalue weighted by atomic mass is 10.2. The van der Waals surface area contributed by atoms with Crippen molar-refractivity contribution in [2.24, 2.45) is 0 Å². The molecule has 0 fully saturated rings. The fraction of sp³-hybridized carbons (Fsp3) is 0.0769. The van der Waals surface area contributed by atoms with Crippen molar-refractivity contribution in [3.05, 3.63) is 53.8 Å². The highest BCUT2D eigenvalue weighted by Gasteiger charge is 2.31. The predicted octanol–water partition coefficient (Wildman–Crippen LogP) is 3.23. The van der Waals surface area contributed by atoms with E-state index < -0.39 is 32.5 Å². The zero-order valence-corrected chi connectivity index (χ0v) is 11.7. The molecule has 2 aromatic carbocycles. The van der Waals surface area contributed by atoms with Gasteiger partial charge in [0.05, 0.1) is 5.56 Å². The lowest BCUT2D eigenvalue weighted by Crippen LogP contribution is -2.15. The van der Waals surface area contributed by atoms with Crippen molar-refractivity contribution in [2.45, 2.75) is 11.1 Å². The average molecular weight is 334 g/mol. The van der Waals surface area contributed by atoms with Gasteiger partial charge in [-0.25, -0.2) is 12.8 Å². The Morgan fingerprint density at radius 2 is 1.73 bits per heavy atom. The number of hydrogen-bond donors (Lipinski definition) is 2. The molecule has 9 heteroatoms. The molecule has 0 bridgehead atoms. The molecule has 0 aliphatic heterocycles.